The van der Waals surface area contributed by atoms with Crippen molar-refractivity contribution in [2.24, 2.45) is 11.8 Å². The average molecular weight is 948 g/mol. The van der Waals surface area contributed by atoms with Gasteiger partial charge in [0.25, 0.3) is 20.0 Å². The molecule has 4 heterocycles. The van der Waals surface area contributed by atoms with Crippen LogP contribution in [-0.2, 0) is 24.8 Å². The molecule has 16 heteroatoms. The van der Waals surface area contributed by atoms with Crippen LogP contribution in [0.2, 0.25) is 0 Å². The molecule has 2 aliphatic rings. The number of likely N-dealkylation sites (tertiary alicyclic amines) is 1. The van der Waals surface area contributed by atoms with E-state index in [1.807, 2.05) is 99.6 Å². The number of nitrogens with zero attached hydrogens (tertiary/aromatic N) is 5. The molecule has 340 valence electrons. The third kappa shape index (κ3) is 12.4. The standard InChI is InChI=1S/C26H31N3O4S.C21H23N3O2S.CH2Cl2/c1-26(2,3)33-25(30)28-17-9-10-20(18-28)19-29(22-13-5-4-6-14-22)34(31,32)23-15-7-11-21-12-8-16-27-24(21)23;25-27(26,20-12-4-8-18-9-6-14-23-21(18)20)24(19-10-2-1-3-11-19)16-17-7-5-13-22-15-17;2-1-3/h4-8,11-16,20H,9-10,17-19H2,1-3H3;1-4,6,8-12,14,17,22H,5,7,13,15-16H2;1H2. The third-order valence-corrected chi connectivity index (χ3v) is 14.5. The molecule has 4 aromatic carbocycles. The average Bonchev–Trinajstić information content (AvgIpc) is 3.30. The topological polar surface area (TPSA) is 142 Å². The molecule has 0 radical (unpaired) electrons. The molecule has 2 fully saturated rings. The largest absolute Gasteiger partial charge is 0.444 e. The van der Waals surface area contributed by atoms with Crippen LogP contribution in [0.15, 0.2) is 144 Å². The lowest BCUT2D eigenvalue weighted by atomic mass is 9.98. The first-order chi connectivity index (χ1) is 30.7. The summed E-state index contributed by atoms with van der Waals surface area (Å²) in [5, 5.41) is 5.17. The number of benzene rings is 4. The second kappa shape index (κ2) is 22.3. The Kier molecular flexibility index (Phi) is 16.9. The van der Waals surface area contributed by atoms with Gasteiger partial charge in [-0.3, -0.25) is 18.6 Å². The number of carbonyl (C=O) groups excluding carboxylic acids is 1. The van der Waals surface area contributed by atoms with E-state index in [2.05, 4.69) is 15.3 Å². The van der Waals surface area contributed by atoms with Crippen LogP contribution in [0.5, 0.6) is 0 Å². The van der Waals surface area contributed by atoms with E-state index in [-0.39, 0.29) is 39.6 Å². The minimum Gasteiger partial charge on any atom is -0.444 e. The van der Waals surface area contributed by atoms with Gasteiger partial charge in [-0.05, 0) is 120 Å². The van der Waals surface area contributed by atoms with E-state index in [9.17, 15) is 21.6 Å². The highest BCUT2D eigenvalue weighted by Crippen LogP contribution is 2.32. The molecule has 2 atom stereocenters. The molecule has 1 amide bonds. The van der Waals surface area contributed by atoms with Crippen molar-refractivity contribution in [2.75, 3.05) is 53.2 Å². The Bertz CT molecular complexity index is 2660. The maximum absolute atomic E-state index is 14.0. The van der Waals surface area contributed by atoms with Crippen molar-refractivity contribution in [3.63, 3.8) is 0 Å². The fraction of sp³-hybridized carbons (Fsp3) is 0.354. The second-order valence-electron chi connectivity index (χ2n) is 16.7. The number of carbonyl (C=O) groups is 1. The number of alkyl halides is 2. The number of anilines is 2. The maximum atomic E-state index is 14.0. The number of para-hydroxylation sites is 4. The summed E-state index contributed by atoms with van der Waals surface area (Å²) >= 11 is 9.53. The van der Waals surface area contributed by atoms with Gasteiger partial charge in [0, 0.05) is 49.3 Å². The highest BCUT2D eigenvalue weighted by atomic mass is 35.5. The molecule has 2 aromatic heterocycles. The van der Waals surface area contributed by atoms with Crippen molar-refractivity contribution >= 4 is 82.5 Å². The van der Waals surface area contributed by atoms with E-state index >= 15 is 0 Å². The van der Waals surface area contributed by atoms with Gasteiger partial charge >= 0.3 is 6.09 Å². The van der Waals surface area contributed by atoms with Crippen LogP contribution in [0.1, 0.15) is 46.5 Å². The van der Waals surface area contributed by atoms with Crippen LogP contribution in [-0.4, -0.2) is 88.0 Å². The Morgan fingerprint density at radius 1 is 0.688 bits per heavy atom. The summed E-state index contributed by atoms with van der Waals surface area (Å²) in [6.45, 7) is 9.14. The summed E-state index contributed by atoms with van der Waals surface area (Å²) in [6, 6.07) is 36.3. The Hall–Kier alpha value is -4.99. The van der Waals surface area contributed by atoms with E-state index in [0.717, 1.165) is 49.5 Å². The maximum Gasteiger partial charge on any atom is 0.410 e. The van der Waals surface area contributed by atoms with Crippen molar-refractivity contribution < 1.29 is 26.4 Å². The van der Waals surface area contributed by atoms with Crippen molar-refractivity contribution in [2.45, 2.75) is 61.8 Å². The normalized spacial score (nSPS) is 16.7. The molecular formula is C48H56Cl2N6O6S2. The molecule has 2 aliphatic heterocycles. The minimum atomic E-state index is -3.91. The number of nitrogens with one attached hydrogen (secondary N) is 1. The quantitative estimate of drug-likeness (QED) is 0.133. The number of sulfonamides is 2. The van der Waals surface area contributed by atoms with E-state index in [1.165, 1.54) is 4.31 Å². The zero-order valence-corrected chi connectivity index (χ0v) is 39.5. The SMILES string of the molecule is CC(C)(C)OC(=O)N1CCCC(CN(c2ccccc2)S(=O)(=O)c2cccc3cccnc23)C1.ClCCl.O=S(=O)(c1cccc2cccnc12)N(CC1CCCNC1)c1ccccc1. The van der Waals surface area contributed by atoms with Gasteiger partial charge in [-0.2, -0.15) is 0 Å². The number of halogens is 2. The van der Waals surface area contributed by atoms with Crippen molar-refractivity contribution in [3.8, 4) is 0 Å². The van der Waals surface area contributed by atoms with E-state index in [1.54, 1.807) is 64.1 Å². The molecule has 64 heavy (non-hydrogen) atoms. The summed E-state index contributed by atoms with van der Waals surface area (Å²) in [6.07, 6.45) is 6.61. The van der Waals surface area contributed by atoms with Crippen LogP contribution in [0.4, 0.5) is 16.2 Å². The van der Waals surface area contributed by atoms with Gasteiger partial charge in [-0.15, -0.1) is 23.2 Å². The number of fused-ring (bicyclic) bond motifs is 2. The van der Waals surface area contributed by atoms with E-state index < -0.39 is 25.6 Å². The number of amides is 1. The van der Waals surface area contributed by atoms with Gasteiger partial charge in [0.1, 0.15) is 15.4 Å². The molecule has 0 spiro atoms. The highest BCUT2D eigenvalue weighted by Gasteiger charge is 2.34. The highest BCUT2D eigenvalue weighted by molar-refractivity contribution is 7.93. The van der Waals surface area contributed by atoms with Gasteiger partial charge in [-0.1, -0.05) is 72.8 Å². The molecule has 2 unspecified atom stereocenters. The summed E-state index contributed by atoms with van der Waals surface area (Å²) in [7, 11) is -7.65. The molecule has 0 saturated carbocycles. The van der Waals surface area contributed by atoms with Gasteiger partial charge in [0.2, 0.25) is 0 Å². The van der Waals surface area contributed by atoms with Gasteiger partial charge in [0.15, 0.2) is 0 Å². The number of rotatable bonds is 10. The zero-order chi connectivity index (χ0) is 45.7. The molecule has 1 N–H and O–H groups in total. The van der Waals surface area contributed by atoms with Crippen molar-refractivity contribution in [1.82, 2.24) is 20.2 Å². The Morgan fingerprint density at radius 2 is 1.16 bits per heavy atom. The van der Waals surface area contributed by atoms with E-state index in [4.69, 9.17) is 27.9 Å². The first kappa shape index (κ1) is 48.5. The second-order valence-corrected chi connectivity index (χ2v) is 21.1. The third-order valence-electron chi connectivity index (χ3n) is 10.8. The predicted molar refractivity (Wildman–Crippen MR) is 258 cm³/mol. The number of pyridine rings is 2. The molecule has 0 aliphatic carbocycles. The van der Waals surface area contributed by atoms with Crippen molar-refractivity contribution in [3.05, 3.63) is 134 Å². The van der Waals surface area contributed by atoms with Crippen molar-refractivity contribution in [1.29, 1.82) is 0 Å². The lowest BCUT2D eigenvalue weighted by molar-refractivity contribution is 0.0171. The molecule has 6 aromatic rings. The van der Waals surface area contributed by atoms with Crippen LogP contribution >= 0.6 is 23.2 Å². The summed E-state index contributed by atoms with van der Waals surface area (Å²) in [5.74, 6) is 0.260. The lowest BCUT2D eigenvalue weighted by Gasteiger charge is -2.36. The molecule has 0 bridgehead atoms. The number of hydrogen-bond acceptors (Lipinski definition) is 9. The summed E-state index contributed by atoms with van der Waals surface area (Å²) in [5.41, 5.74) is 1.67. The first-order valence-corrected chi connectivity index (χ1v) is 25.3. The van der Waals surface area contributed by atoms with Crippen LogP contribution < -0.4 is 13.9 Å². The van der Waals surface area contributed by atoms with Gasteiger partial charge < -0.3 is 15.0 Å². The molecule has 2 saturated heterocycles. The first-order valence-electron chi connectivity index (χ1n) is 21.4. The number of aromatic nitrogens is 2. The molecular weight excluding hydrogens is 892 g/mol. The Labute approximate surface area is 387 Å². The number of ether oxygens (including phenoxy) is 1. The van der Waals surface area contributed by atoms with Crippen LogP contribution in [0.25, 0.3) is 21.8 Å². The van der Waals surface area contributed by atoms with Crippen LogP contribution in [0.3, 0.4) is 0 Å². The molecule has 12 nitrogen and oxygen atoms in total. The Balaban J connectivity index is 0.000000205. The Morgan fingerprint density at radius 3 is 1.62 bits per heavy atom. The smallest absolute Gasteiger partial charge is 0.410 e. The zero-order valence-electron chi connectivity index (χ0n) is 36.4. The number of hydrogen-bond donors (Lipinski definition) is 1. The predicted octanol–water partition coefficient (Wildman–Crippen LogP) is 9.93. The fourth-order valence-corrected chi connectivity index (χ4v) is 11.4. The number of piperidine rings is 2. The van der Waals surface area contributed by atoms with Gasteiger partial charge in [0.05, 0.1) is 27.7 Å². The monoisotopic (exact) mass is 946 g/mol. The lowest BCUT2D eigenvalue weighted by Crippen LogP contribution is -2.46. The van der Waals surface area contributed by atoms with Crippen LogP contribution in [0, 0.1) is 11.8 Å². The summed E-state index contributed by atoms with van der Waals surface area (Å²) in [4.78, 5) is 23.5. The van der Waals surface area contributed by atoms with E-state index in [0.29, 0.717) is 42.0 Å². The summed E-state index contributed by atoms with van der Waals surface area (Å²) < 4.78 is 63.9. The minimum absolute atomic E-state index is 0.0285. The van der Waals surface area contributed by atoms with Gasteiger partial charge in [-0.25, -0.2) is 21.6 Å². The fourth-order valence-electron chi connectivity index (χ4n) is 7.93. The molecule has 8 rings (SSSR count).